The Kier molecular flexibility index (Phi) is 3.82. The molecule has 0 radical (unpaired) electrons. The molecule has 5 heteroatoms. The second kappa shape index (κ2) is 5.57. The monoisotopic (exact) mass is 279 g/mol. The van der Waals surface area contributed by atoms with Gasteiger partial charge in [0.15, 0.2) is 0 Å². The van der Waals surface area contributed by atoms with Crippen molar-refractivity contribution in [1.82, 2.24) is 14.5 Å². The molecule has 2 fully saturated rings. The van der Waals surface area contributed by atoms with Crippen LogP contribution >= 0.6 is 11.5 Å². The minimum absolute atomic E-state index is 0.163. The number of aryl methyl sites for hydroxylation is 1. The van der Waals surface area contributed by atoms with Gasteiger partial charge in [0.05, 0.1) is 5.69 Å². The minimum atomic E-state index is 0.163. The van der Waals surface area contributed by atoms with E-state index < -0.39 is 0 Å². The summed E-state index contributed by atoms with van der Waals surface area (Å²) < 4.78 is 3.93. The van der Waals surface area contributed by atoms with E-state index in [9.17, 15) is 4.79 Å². The maximum absolute atomic E-state index is 12.6. The highest BCUT2D eigenvalue weighted by Gasteiger charge is 2.34. The molecule has 1 amide bonds. The first-order valence-corrected chi connectivity index (χ1v) is 8.17. The van der Waals surface area contributed by atoms with E-state index in [1.165, 1.54) is 43.6 Å². The van der Waals surface area contributed by atoms with Gasteiger partial charge in [-0.25, -0.2) is 0 Å². The Morgan fingerprint density at radius 3 is 2.89 bits per heavy atom. The van der Waals surface area contributed by atoms with Gasteiger partial charge in [-0.3, -0.25) is 4.79 Å². The highest BCUT2D eigenvalue weighted by Crippen LogP contribution is 2.36. The topological polar surface area (TPSA) is 46.1 Å². The smallest absolute Gasteiger partial charge is 0.267 e. The fourth-order valence-electron chi connectivity index (χ4n) is 3.53. The van der Waals surface area contributed by atoms with E-state index in [0.717, 1.165) is 41.9 Å². The van der Waals surface area contributed by atoms with Crippen LogP contribution < -0.4 is 0 Å². The molecule has 0 spiro atoms. The van der Waals surface area contributed by atoms with Gasteiger partial charge in [0, 0.05) is 13.1 Å². The van der Waals surface area contributed by atoms with Gasteiger partial charge in [-0.05, 0) is 42.6 Å². The Morgan fingerprint density at radius 2 is 2.11 bits per heavy atom. The first-order valence-electron chi connectivity index (χ1n) is 7.40. The van der Waals surface area contributed by atoms with E-state index in [2.05, 4.69) is 9.59 Å². The lowest BCUT2D eigenvalue weighted by molar-refractivity contribution is 0.0524. The molecule has 1 aliphatic heterocycles. The van der Waals surface area contributed by atoms with Crippen LogP contribution in [0.1, 0.15) is 54.4 Å². The van der Waals surface area contributed by atoms with Crippen LogP contribution in [0.25, 0.3) is 0 Å². The lowest BCUT2D eigenvalue weighted by Gasteiger charge is -2.41. The SMILES string of the molecule is CCc1nnsc1C(=O)N1CCC2CCCCC2C1. The van der Waals surface area contributed by atoms with Gasteiger partial charge >= 0.3 is 0 Å². The van der Waals surface area contributed by atoms with E-state index in [-0.39, 0.29) is 5.91 Å². The Bertz CT molecular complexity index is 459. The number of rotatable bonds is 2. The van der Waals surface area contributed by atoms with Crippen molar-refractivity contribution in [1.29, 1.82) is 0 Å². The van der Waals surface area contributed by atoms with Crippen LogP contribution in [0, 0.1) is 11.8 Å². The van der Waals surface area contributed by atoms with Crippen LogP contribution in [-0.4, -0.2) is 33.5 Å². The summed E-state index contributed by atoms with van der Waals surface area (Å²) in [6.07, 6.45) is 7.37. The number of piperidine rings is 1. The summed E-state index contributed by atoms with van der Waals surface area (Å²) in [7, 11) is 0. The van der Waals surface area contributed by atoms with Gasteiger partial charge < -0.3 is 4.90 Å². The van der Waals surface area contributed by atoms with Crippen molar-refractivity contribution < 1.29 is 4.79 Å². The van der Waals surface area contributed by atoms with Crippen molar-refractivity contribution in [2.45, 2.75) is 45.4 Å². The summed E-state index contributed by atoms with van der Waals surface area (Å²) in [6, 6.07) is 0. The van der Waals surface area contributed by atoms with E-state index in [4.69, 9.17) is 0 Å². The molecule has 2 atom stereocenters. The number of hydrogen-bond donors (Lipinski definition) is 0. The Labute approximate surface area is 118 Å². The standard InChI is InChI=1S/C14H21N3OS/c1-2-12-13(19-16-15-12)14(18)17-8-7-10-5-3-4-6-11(10)9-17/h10-11H,2-9H2,1H3. The first kappa shape index (κ1) is 13.0. The summed E-state index contributed by atoms with van der Waals surface area (Å²) in [5.74, 6) is 1.76. The summed E-state index contributed by atoms with van der Waals surface area (Å²) in [6.45, 7) is 3.90. The summed E-state index contributed by atoms with van der Waals surface area (Å²) in [4.78, 5) is 15.4. The van der Waals surface area contributed by atoms with Gasteiger partial charge in [-0.2, -0.15) is 0 Å². The molecule has 3 rings (SSSR count). The van der Waals surface area contributed by atoms with Gasteiger partial charge in [0.1, 0.15) is 4.88 Å². The second-order valence-corrected chi connectivity index (χ2v) is 6.50. The average Bonchev–Trinajstić information content (AvgIpc) is 2.94. The number of fused-ring (bicyclic) bond motifs is 1. The molecule has 1 aromatic heterocycles. The molecule has 1 saturated carbocycles. The quantitative estimate of drug-likeness (QED) is 0.836. The average molecular weight is 279 g/mol. The highest BCUT2D eigenvalue weighted by atomic mass is 32.1. The lowest BCUT2D eigenvalue weighted by atomic mass is 9.75. The Hall–Kier alpha value is -0.970. The van der Waals surface area contributed by atoms with Crippen LogP contribution in [0.5, 0.6) is 0 Å². The third kappa shape index (κ3) is 2.53. The fraction of sp³-hybridized carbons (Fsp3) is 0.786. The number of amides is 1. The lowest BCUT2D eigenvalue weighted by Crippen LogP contribution is -2.44. The zero-order valence-corrected chi connectivity index (χ0v) is 12.3. The zero-order valence-electron chi connectivity index (χ0n) is 11.5. The zero-order chi connectivity index (χ0) is 13.2. The molecule has 1 aromatic rings. The molecule has 1 saturated heterocycles. The molecule has 0 N–H and O–H groups in total. The van der Waals surface area contributed by atoms with Gasteiger partial charge in [-0.1, -0.05) is 30.7 Å². The number of carbonyl (C=O) groups excluding carboxylic acids is 1. The number of hydrogen-bond acceptors (Lipinski definition) is 4. The summed E-state index contributed by atoms with van der Waals surface area (Å²) >= 11 is 1.25. The Balaban J connectivity index is 1.71. The van der Waals surface area contributed by atoms with E-state index in [0.29, 0.717) is 0 Å². The van der Waals surface area contributed by atoms with Crippen molar-refractivity contribution >= 4 is 17.4 Å². The third-order valence-electron chi connectivity index (χ3n) is 4.66. The van der Waals surface area contributed by atoms with Crippen LogP contribution in [-0.2, 0) is 6.42 Å². The van der Waals surface area contributed by atoms with E-state index in [1.54, 1.807) is 0 Å². The van der Waals surface area contributed by atoms with Crippen LogP contribution in [0.3, 0.4) is 0 Å². The number of aromatic nitrogens is 2. The molecular weight excluding hydrogens is 258 g/mol. The molecule has 104 valence electrons. The predicted octanol–water partition coefficient (Wildman–Crippen LogP) is 2.75. The van der Waals surface area contributed by atoms with Gasteiger partial charge in [0.2, 0.25) is 0 Å². The molecule has 2 heterocycles. The van der Waals surface area contributed by atoms with Crippen molar-refractivity contribution in [2.24, 2.45) is 11.8 Å². The molecular formula is C14H21N3OS. The summed E-state index contributed by atoms with van der Waals surface area (Å²) in [5, 5.41) is 4.05. The maximum atomic E-state index is 12.6. The fourth-order valence-corrected chi connectivity index (χ4v) is 4.25. The van der Waals surface area contributed by atoms with Crippen LogP contribution in [0.2, 0.25) is 0 Å². The number of carbonyl (C=O) groups is 1. The first-order chi connectivity index (χ1) is 9.29. The van der Waals surface area contributed by atoms with Gasteiger partial charge in [0.25, 0.3) is 5.91 Å². The van der Waals surface area contributed by atoms with Crippen molar-refractivity contribution in [3.63, 3.8) is 0 Å². The summed E-state index contributed by atoms with van der Waals surface area (Å²) in [5.41, 5.74) is 0.862. The van der Waals surface area contributed by atoms with Crippen LogP contribution in [0.15, 0.2) is 0 Å². The molecule has 1 aliphatic carbocycles. The second-order valence-electron chi connectivity index (χ2n) is 5.75. The molecule has 2 aliphatic rings. The van der Waals surface area contributed by atoms with Crippen molar-refractivity contribution in [3.8, 4) is 0 Å². The molecule has 4 nitrogen and oxygen atoms in total. The Morgan fingerprint density at radius 1 is 1.32 bits per heavy atom. The largest absolute Gasteiger partial charge is 0.338 e. The number of nitrogens with zero attached hydrogens (tertiary/aromatic N) is 3. The molecule has 19 heavy (non-hydrogen) atoms. The minimum Gasteiger partial charge on any atom is -0.338 e. The van der Waals surface area contributed by atoms with Crippen molar-refractivity contribution in [2.75, 3.05) is 13.1 Å². The third-order valence-corrected chi connectivity index (χ3v) is 5.42. The predicted molar refractivity (Wildman–Crippen MR) is 75.3 cm³/mol. The van der Waals surface area contributed by atoms with E-state index in [1.807, 2.05) is 11.8 Å². The van der Waals surface area contributed by atoms with E-state index >= 15 is 0 Å². The van der Waals surface area contributed by atoms with Gasteiger partial charge in [-0.15, -0.1) is 5.10 Å². The normalized spacial score (nSPS) is 27.1. The highest BCUT2D eigenvalue weighted by molar-refractivity contribution is 7.08. The maximum Gasteiger partial charge on any atom is 0.267 e. The number of likely N-dealkylation sites (tertiary alicyclic amines) is 1. The molecule has 2 unspecified atom stereocenters. The van der Waals surface area contributed by atoms with Crippen LogP contribution in [0.4, 0.5) is 0 Å². The molecule has 0 aromatic carbocycles. The molecule has 0 bridgehead atoms. The van der Waals surface area contributed by atoms with Crippen molar-refractivity contribution in [3.05, 3.63) is 10.6 Å².